The van der Waals surface area contributed by atoms with Gasteiger partial charge >= 0.3 is 0 Å². The van der Waals surface area contributed by atoms with Crippen LogP contribution in [0.4, 0.5) is 0 Å². The van der Waals surface area contributed by atoms with Crippen molar-refractivity contribution in [2.45, 2.75) is 12.8 Å². The van der Waals surface area contributed by atoms with Crippen LogP contribution in [0.5, 0.6) is 0 Å². The van der Waals surface area contributed by atoms with Crippen molar-refractivity contribution < 1.29 is 4.92 Å². The molecule has 0 radical (unpaired) electrons. The van der Waals surface area contributed by atoms with Crippen LogP contribution in [0.3, 0.4) is 0 Å². The Hall–Kier alpha value is -3.66. The van der Waals surface area contributed by atoms with Crippen molar-refractivity contribution in [2.24, 2.45) is 0 Å². The van der Waals surface area contributed by atoms with Crippen LogP contribution in [-0.2, 0) is 0 Å². The SMILES string of the molecule is Cc1ccc(C2=Cc3ccccc3[C@@H](C[N+](=O)[O-])c3c2[nH]c2ccccc32)cc1. The van der Waals surface area contributed by atoms with Gasteiger partial charge in [-0.2, -0.15) is 0 Å². The molecule has 0 saturated heterocycles. The molecule has 1 N–H and O–H groups in total. The summed E-state index contributed by atoms with van der Waals surface area (Å²) in [6.45, 7) is 1.93. The minimum Gasteiger partial charge on any atom is -0.354 e. The quantitative estimate of drug-likeness (QED) is 0.361. The number of nitrogens with zero attached hydrogens (tertiary/aromatic N) is 1. The zero-order chi connectivity index (χ0) is 20.0. The van der Waals surface area contributed by atoms with Crippen LogP contribution in [0.1, 0.15) is 39.4 Å². The van der Waals surface area contributed by atoms with E-state index < -0.39 is 0 Å². The Kier molecular flexibility index (Phi) is 4.06. The third kappa shape index (κ3) is 2.93. The zero-order valence-electron chi connectivity index (χ0n) is 16.1. The van der Waals surface area contributed by atoms with Crippen molar-refractivity contribution in [2.75, 3.05) is 6.54 Å². The van der Waals surface area contributed by atoms with E-state index in [1.807, 2.05) is 42.5 Å². The van der Waals surface area contributed by atoms with Gasteiger partial charge in [0.2, 0.25) is 6.54 Å². The molecule has 142 valence electrons. The minimum absolute atomic E-state index is 0.138. The fraction of sp³-hybridized carbons (Fsp3) is 0.120. The summed E-state index contributed by atoms with van der Waals surface area (Å²) in [5.41, 5.74) is 8.37. The van der Waals surface area contributed by atoms with E-state index in [4.69, 9.17) is 0 Å². The molecule has 0 fully saturated rings. The second-order valence-corrected chi connectivity index (χ2v) is 7.58. The van der Waals surface area contributed by atoms with Crippen LogP contribution in [-0.4, -0.2) is 16.5 Å². The Labute approximate surface area is 168 Å². The number of H-pyrrole nitrogens is 1. The first kappa shape index (κ1) is 17.4. The second-order valence-electron chi connectivity index (χ2n) is 7.58. The third-order valence-electron chi connectivity index (χ3n) is 5.73. The highest BCUT2D eigenvalue weighted by molar-refractivity contribution is 6.00. The summed E-state index contributed by atoms with van der Waals surface area (Å²) in [4.78, 5) is 15.0. The van der Waals surface area contributed by atoms with Crippen LogP contribution >= 0.6 is 0 Å². The summed E-state index contributed by atoms with van der Waals surface area (Å²) in [7, 11) is 0. The van der Waals surface area contributed by atoms with Crippen LogP contribution in [0.25, 0.3) is 22.6 Å². The summed E-state index contributed by atoms with van der Waals surface area (Å²) < 4.78 is 0. The minimum atomic E-state index is -0.313. The number of para-hydroxylation sites is 1. The summed E-state index contributed by atoms with van der Waals surface area (Å²) in [6, 6.07) is 24.5. The first-order valence-corrected chi connectivity index (χ1v) is 9.72. The number of aryl methyl sites for hydroxylation is 1. The molecule has 1 aromatic heterocycles. The van der Waals surface area contributed by atoms with Crippen LogP contribution < -0.4 is 0 Å². The standard InChI is InChI=1S/C25H20N2O2/c1-16-10-12-17(13-11-16)21-14-18-6-2-3-7-19(18)22(15-27(28)29)24-20-8-4-5-9-23(20)26-25(21)24/h2-14,22,26H,15H2,1H3/t22-/m1/s1. The zero-order valence-corrected chi connectivity index (χ0v) is 16.1. The molecule has 1 aliphatic carbocycles. The molecule has 4 nitrogen and oxygen atoms in total. The van der Waals surface area contributed by atoms with Crippen molar-refractivity contribution in [1.82, 2.24) is 4.98 Å². The van der Waals surface area contributed by atoms with E-state index in [1.165, 1.54) is 5.56 Å². The van der Waals surface area contributed by atoms with Crippen molar-refractivity contribution in [3.63, 3.8) is 0 Å². The number of hydrogen-bond acceptors (Lipinski definition) is 2. The van der Waals surface area contributed by atoms with Crippen molar-refractivity contribution in [1.29, 1.82) is 0 Å². The van der Waals surface area contributed by atoms with Gasteiger partial charge in [0.15, 0.2) is 0 Å². The highest BCUT2D eigenvalue weighted by atomic mass is 16.6. The molecule has 4 heteroatoms. The number of fused-ring (bicyclic) bond motifs is 4. The lowest BCUT2D eigenvalue weighted by Crippen LogP contribution is -2.15. The third-order valence-corrected chi connectivity index (χ3v) is 5.73. The van der Waals surface area contributed by atoms with Gasteiger partial charge in [-0.1, -0.05) is 72.3 Å². The molecule has 0 bridgehead atoms. The number of nitrogens with one attached hydrogen (secondary N) is 1. The summed E-state index contributed by atoms with van der Waals surface area (Å²) >= 11 is 0. The summed E-state index contributed by atoms with van der Waals surface area (Å²) in [5.74, 6) is -0.313. The topological polar surface area (TPSA) is 58.9 Å². The number of aromatic amines is 1. The molecule has 29 heavy (non-hydrogen) atoms. The highest BCUT2D eigenvalue weighted by Gasteiger charge is 2.31. The van der Waals surface area contributed by atoms with E-state index in [2.05, 4.69) is 48.3 Å². The van der Waals surface area contributed by atoms with E-state index >= 15 is 0 Å². The largest absolute Gasteiger partial charge is 0.354 e. The Morgan fingerprint density at radius 1 is 0.966 bits per heavy atom. The van der Waals surface area contributed by atoms with Gasteiger partial charge in [0.25, 0.3) is 0 Å². The molecule has 3 aromatic carbocycles. The Morgan fingerprint density at radius 3 is 2.48 bits per heavy atom. The van der Waals surface area contributed by atoms with Crippen molar-refractivity contribution in [3.8, 4) is 0 Å². The molecule has 0 unspecified atom stereocenters. The lowest BCUT2D eigenvalue weighted by atomic mass is 9.87. The van der Waals surface area contributed by atoms with Gasteiger partial charge in [-0.25, -0.2) is 0 Å². The monoisotopic (exact) mass is 380 g/mol. The molecule has 0 aliphatic heterocycles. The first-order valence-electron chi connectivity index (χ1n) is 9.72. The molecule has 1 atom stereocenters. The van der Waals surface area contributed by atoms with Gasteiger partial charge in [0, 0.05) is 21.4 Å². The van der Waals surface area contributed by atoms with Crippen LogP contribution in [0.15, 0.2) is 72.8 Å². The molecule has 5 rings (SSSR count). The maximum absolute atomic E-state index is 11.6. The lowest BCUT2D eigenvalue weighted by molar-refractivity contribution is -0.481. The Bertz CT molecular complexity index is 1270. The Morgan fingerprint density at radius 2 is 1.69 bits per heavy atom. The van der Waals surface area contributed by atoms with Gasteiger partial charge in [-0.15, -0.1) is 0 Å². The predicted molar refractivity (Wildman–Crippen MR) is 117 cm³/mol. The van der Waals surface area contributed by atoms with Crippen LogP contribution in [0.2, 0.25) is 0 Å². The lowest BCUT2D eigenvalue weighted by Gasteiger charge is -2.15. The van der Waals surface area contributed by atoms with Crippen LogP contribution in [0, 0.1) is 17.0 Å². The normalized spacial score (nSPS) is 15.3. The van der Waals surface area contributed by atoms with Gasteiger partial charge < -0.3 is 4.98 Å². The highest BCUT2D eigenvalue weighted by Crippen LogP contribution is 2.43. The molecular formula is C25H20N2O2. The fourth-order valence-electron chi connectivity index (χ4n) is 4.38. The Balaban J connectivity index is 1.86. The fourth-order valence-corrected chi connectivity index (χ4v) is 4.38. The van der Waals surface area contributed by atoms with Gasteiger partial charge in [-0.05, 0) is 41.3 Å². The summed E-state index contributed by atoms with van der Waals surface area (Å²) in [5, 5.41) is 12.7. The van der Waals surface area contributed by atoms with Gasteiger partial charge in [0.1, 0.15) is 0 Å². The number of hydrogen-bond donors (Lipinski definition) is 1. The van der Waals surface area contributed by atoms with E-state index in [9.17, 15) is 10.1 Å². The van der Waals surface area contributed by atoms with Crippen molar-refractivity contribution >= 4 is 22.6 Å². The molecule has 1 aliphatic rings. The van der Waals surface area contributed by atoms with E-state index in [0.717, 1.165) is 44.4 Å². The average Bonchev–Trinajstić information content (AvgIpc) is 3.04. The number of nitro groups is 1. The maximum atomic E-state index is 11.6. The molecule has 1 heterocycles. The second kappa shape index (κ2) is 6.74. The summed E-state index contributed by atoms with van der Waals surface area (Å²) in [6.07, 6.45) is 2.16. The van der Waals surface area contributed by atoms with E-state index in [-0.39, 0.29) is 17.4 Å². The number of benzene rings is 3. The molecule has 0 amide bonds. The van der Waals surface area contributed by atoms with Gasteiger partial charge in [0.05, 0.1) is 11.6 Å². The van der Waals surface area contributed by atoms with Crippen molar-refractivity contribution in [3.05, 3.63) is 116 Å². The van der Waals surface area contributed by atoms with Gasteiger partial charge in [-0.3, -0.25) is 10.1 Å². The number of aromatic nitrogens is 1. The average molecular weight is 380 g/mol. The smallest absolute Gasteiger partial charge is 0.214 e. The molecular weight excluding hydrogens is 360 g/mol. The first-order chi connectivity index (χ1) is 14.1. The van der Waals surface area contributed by atoms with E-state index in [0.29, 0.717) is 0 Å². The number of rotatable bonds is 3. The molecule has 0 saturated carbocycles. The van der Waals surface area contributed by atoms with E-state index in [1.54, 1.807) is 0 Å². The molecule has 0 spiro atoms. The maximum Gasteiger partial charge on any atom is 0.214 e. The predicted octanol–water partition coefficient (Wildman–Crippen LogP) is 5.79. The molecule has 4 aromatic rings.